The molecule has 3 heteroatoms. The second kappa shape index (κ2) is 5.00. The van der Waals surface area contributed by atoms with Crippen LogP contribution in [0.1, 0.15) is 47.5 Å². The van der Waals surface area contributed by atoms with Gasteiger partial charge >= 0.3 is 0 Å². The van der Waals surface area contributed by atoms with Crippen LogP contribution in [0, 0.1) is 0 Å². The molecule has 0 radical (unpaired) electrons. The van der Waals surface area contributed by atoms with Crippen molar-refractivity contribution < 1.29 is 4.79 Å². The number of carbonyl (C=O) groups excluding carboxylic acids is 1. The molecule has 1 fully saturated rings. The first-order valence-electron chi connectivity index (χ1n) is 5.70. The molecule has 1 aromatic carbocycles. The van der Waals surface area contributed by atoms with Gasteiger partial charge in [0.25, 0.3) is 0 Å². The van der Waals surface area contributed by atoms with Crippen LogP contribution in [0.25, 0.3) is 0 Å². The van der Waals surface area contributed by atoms with Crippen molar-refractivity contribution in [3.63, 3.8) is 0 Å². The minimum Gasteiger partial charge on any atom is -0.366 e. The van der Waals surface area contributed by atoms with E-state index in [1.807, 2.05) is 24.3 Å². The van der Waals surface area contributed by atoms with Crippen LogP contribution in [0.4, 0.5) is 0 Å². The second-order valence-corrected chi connectivity index (χ2v) is 5.73. The van der Waals surface area contributed by atoms with E-state index in [0.717, 1.165) is 0 Å². The molecule has 0 aromatic heterocycles. The van der Waals surface area contributed by atoms with Crippen molar-refractivity contribution in [3.05, 3.63) is 35.4 Å². The molecule has 0 unspecified atom stereocenters. The van der Waals surface area contributed by atoms with Gasteiger partial charge in [-0.1, -0.05) is 28.1 Å². The Kier molecular flexibility index (Phi) is 3.64. The summed E-state index contributed by atoms with van der Waals surface area (Å²) < 4.78 is 0. The van der Waals surface area contributed by atoms with Gasteiger partial charge < -0.3 is 5.73 Å². The number of hydrogen-bond donors (Lipinski definition) is 1. The molecule has 2 nitrogen and oxygen atoms in total. The van der Waals surface area contributed by atoms with Crippen molar-refractivity contribution in [1.29, 1.82) is 0 Å². The molecule has 0 bridgehead atoms. The lowest BCUT2D eigenvalue weighted by molar-refractivity contribution is 0.100. The van der Waals surface area contributed by atoms with E-state index in [4.69, 9.17) is 5.73 Å². The van der Waals surface area contributed by atoms with E-state index in [1.54, 1.807) is 0 Å². The molecule has 1 amide bonds. The summed E-state index contributed by atoms with van der Waals surface area (Å²) >= 11 is 3.66. The summed E-state index contributed by atoms with van der Waals surface area (Å²) in [7, 11) is 0. The third-order valence-electron chi connectivity index (χ3n) is 3.32. The number of alkyl halides is 1. The van der Waals surface area contributed by atoms with Crippen LogP contribution < -0.4 is 5.73 Å². The topological polar surface area (TPSA) is 43.1 Å². The minimum atomic E-state index is -0.351. The zero-order valence-corrected chi connectivity index (χ0v) is 10.7. The zero-order valence-electron chi connectivity index (χ0n) is 9.16. The van der Waals surface area contributed by atoms with E-state index in [1.165, 1.54) is 31.2 Å². The molecule has 2 N–H and O–H groups in total. The summed E-state index contributed by atoms with van der Waals surface area (Å²) in [6.07, 6.45) is 4.93. The lowest BCUT2D eigenvalue weighted by Crippen LogP contribution is -2.13. The molecular formula is C13H16BrNO. The van der Waals surface area contributed by atoms with Crippen LogP contribution in [-0.2, 0) is 0 Å². The third kappa shape index (κ3) is 2.64. The van der Waals surface area contributed by atoms with E-state index in [2.05, 4.69) is 15.9 Å². The second-order valence-electron chi connectivity index (χ2n) is 4.44. The van der Waals surface area contributed by atoms with Crippen LogP contribution in [0.5, 0.6) is 0 Å². The van der Waals surface area contributed by atoms with Crippen molar-refractivity contribution in [2.45, 2.75) is 36.4 Å². The van der Waals surface area contributed by atoms with Crippen molar-refractivity contribution in [3.8, 4) is 0 Å². The van der Waals surface area contributed by atoms with Crippen LogP contribution >= 0.6 is 15.9 Å². The molecule has 2 rings (SSSR count). The summed E-state index contributed by atoms with van der Waals surface area (Å²) in [5.41, 5.74) is 7.15. The molecule has 0 aliphatic heterocycles. The highest BCUT2D eigenvalue weighted by molar-refractivity contribution is 9.09. The fourth-order valence-corrected chi connectivity index (χ4v) is 2.83. The maximum Gasteiger partial charge on any atom is 0.248 e. The number of benzene rings is 1. The van der Waals surface area contributed by atoms with Gasteiger partial charge in [-0.3, -0.25) is 4.79 Å². The van der Waals surface area contributed by atoms with Crippen LogP contribution in [0.3, 0.4) is 0 Å². The summed E-state index contributed by atoms with van der Waals surface area (Å²) in [6.45, 7) is 0. The van der Waals surface area contributed by atoms with Crippen molar-refractivity contribution in [2.24, 2.45) is 5.73 Å². The molecular weight excluding hydrogens is 266 g/mol. The van der Waals surface area contributed by atoms with Gasteiger partial charge in [0.05, 0.1) is 0 Å². The molecule has 86 valence electrons. The Morgan fingerprint density at radius 3 is 2.19 bits per heavy atom. The molecule has 1 saturated carbocycles. The van der Waals surface area contributed by atoms with Gasteiger partial charge in [0.15, 0.2) is 0 Å². The maximum absolute atomic E-state index is 10.9. The fraction of sp³-hybridized carbons (Fsp3) is 0.462. The Morgan fingerprint density at radius 2 is 1.69 bits per heavy atom. The molecule has 1 aliphatic carbocycles. The van der Waals surface area contributed by atoms with Gasteiger partial charge in [0.1, 0.15) is 0 Å². The van der Waals surface area contributed by atoms with E-state index in [9.17, 15) is 4.79 Å². The van der Waals surface area contributed by atoms with Gasteiger partial charge in [0.2, 0.25) is 5.91 Å². The molecule has 0 spiro atoms. The number of halogens is 1. The smallest absolute Gasteiger partial charge is 0.248 e. The normalized spacial score (nSPS) is 25.3. The van der Waals surface area contributed by atoms with Gasteiger partial charge in [-0.2, -0.15) is 0 Å². The Morgan fingerprint density at radius 1 is 1.12 bits per heavy atom. The number of nitrogens with two attached hydrogens (primary N) is 1. The molecule has 0 saturated heterocycles. The highest BCUT2D eigenvalue weighted by Gasteiger charge is 2.20. The Labute approximate surface area is 104 Å². The minimum absolute atomic E-state index is 0.351. The summed E-state index contributed by atoms with van der Waals surface area (Å²) in [6, 6.07) is 7.74. The highest BCUT2D eigenvalue weighted by atomic mass is 79.9. The Bertz CT molecular complexity index is 366. The predicted molar refractivity (Wildman–Crippen MR) is 68.9 cm³/mol. The lowest BCUT2D eigenvalue weighted by Gasteiger charge is -2.25. The maximum atomic E-state index is 10.9. The first-order chi connectivity index (χ1) is 7.66. The number of amides is 1. The van der Waals surface area contributed by atoms with Gasteiger partial charge in [-0.25, -0.2) is 0 Å². The number of carbonyl (C=O) groups is 1. The molecule has 0 atom stereocenters. The SMILES string of the molecule is NC(=O)c1ccc(C2CCC(Br)CC2)cc1. The lowest BCUT2D eigenvalue weighted by atomic mass is 9.84. The fourth-order valence-electron chi connectivity index (χ4n) is 2.31. The summed E-state index contributed by atoms with van der Waals surface area (Å²) in [4.78, 5) is 11.6. The summed E-state index contributed by atoms with van der Waals surface area (Å²) in [5, 5.41) is 0. The zero-order chi connectivity index (χ0) is 11.5. The number of hydrogen-bond acceptors (Lipinski definition) is 1. The average Bonchev–Trinajstić information content (AvgIpc) is 2.30. The predicted octanol–water partition coefficient (Wildman–Crippen LogP) is 3.21. The first kappa shape index (κ1) is 11.6. The number of rotatable bonds is 2. The monoisotopic (exact) mass is 281 g/mol. The summed E-state index contributed by atoms with van der Waals surface area (Å²) in [5.74, 6) is 0.298. The molecule has 16 heavy (non-hydrogen) atoms. The molecule has 1 aliphatic rings. The average molecular weight is 282 g/mol. The largest absolute Gasteiger partial charge is 0.366 e. The van der Waals surface area contributed by atoms with Crippen LogP contribution in [0.2, 0.25) is 0 Å². The Balaban J connectivity index is 2.07. The van der Waals surface area contributed by atoms with Crippen LogP contribution in [-0.4, -0.2) is 10.7 Å². The Hall–Kier alpha value is -0.830. The van der Waals surface area contributed by atoms with Crippen molar-refractivity contribution >= 4 is 21.8 Å². The quantitative estimate of drug-likeness (QED) is 0.832. The van der Waals surface area contributed by atoms with E-state index in [0.29, 0.717) is 16.3 Å². The molecule has 1 aromatic rings. The highest BCUT2D eigenvalue weighted by Crippen LogP contribution is 2.35. The van der Waals surface area contributed by atoms with E-state index in [-0.39, 0.29) is 5.91 Å². The standard InChI is InChI=1S/C13H16BrNO/c14-12-7-5-10(6-8-12)9-1-3-11(4-2-9)13(15)16/h1-4,10,12H,5-8H2,(H2,15,16). The third-order valence-corrected chi connectivity index (χ3v) is 4.24. The van der Waals surface area contributed by atoms with Gasteiger partial charge in [-0.05, 0) is 49.3 Å². The van der Waals surface area contributed by atoms with E-state index >= 15 is 0 Å². The first-order valence-corrected chi connectivity index (χ1v) is 6.62. The van der Waals surface area contributed by atoms with Crippen molar-refractivity contribution in [2.75, 3.05) is 0 Å². The van der Waals surface area contributed by atoms with Crippen LogP contribution in [0.15, 0.2) is 24.3 Å². The van der Waals surface area contributed by atoms with Crippen molar-refractivity contribution in [1.82, 2.24) is 0 Å². The molecule has 0 heterocycles. The number of primary amides is 1. The van der Waals surface area contributed by atoms with Gasteiger partial charge in [0, 0.05) is 10.4 Å². The van der Waals surface area contributed by atoms with E-state index < -0.39 is 0 Å². The van der Waals surface area contributed by atoms with Gasteiger partial charge in [-0.15, -0.1) is 0 Å².